The van der Waals surface area contributed by atoms with Crippen LogP contribution in [-0.2, 0) is 11.8 Å². The molecule has 0 saturated carbocycles. The summed E-state index contributed by atoms with van der Waals surface area (Å²) in [4.78, 5) is 10.2. The second kappa shape index (κ2) is 5.63. The maximum absolute atomic E-state index is 10.2. The summed E-state index contributed by atoms with van der Waals surface area (Å²) >= 11 is 5.17. The maximum atomic E-state index is 10.2. The molecule has 0 bridgehead atoms. The molecule has 1 aliphatic heterocycles. The van der Waals surface area contributed by atoms with Crippen LogP contribution in [0.4, 0.5) is 0 Å². The van der Waals surface area contributed by atoms with Crippen LogP contribution in [0.15, 0.2) is 48.5 Å². The van der Waals surface area contributed by atoms with Crippen LogP contribution in [0.25, 0.3) is 11.1 Å². The van der Waals surface area contributed by atoms with Crippen molar-refractivity contribution in [2.75, 3.05) is 0 Å². The fraction of sp³-hybridized carbons (Fsp3) is 0. The number of hydrogen-bond donors (Lipinski definition) is 4. The summed E-state index contributed by atoms with van der Waals surface area (Å²) < 4.78 is 5.53. The molecule has 0 aliphatic carbocycles. The summed E-state index contributed by atoms with van der Waals surface area (Å²) in [6.45, 7) is -2.88. The van der Waals surface area contributed by atoms with Crippen molar-refractivity contribution >= 4 is 29.6 Å². The molecule has 0 radical (unpaired) electrons. The minimum absolute atomic E-state index is 0.333. The third kappa shape index (κ3) is 2.99. The van der Waals surface area contributed by atoms with E-state index in [0.717, 1.165) is 16.4 Å². The van der Waals surface area contributed by atoms with Gasteiger partial charge >= 0.3 is 0 Å². The lowest BCUT2D eigenvalue weighted by Gasteiger charge is -2.27. The zero-order valence-electron chi connectivity index (χ0n) is 10.5. The van der Waals surface area contributed by atoms with Crippen LogP contribution in [0.2, 0.25) is 0 Å². The minimum Gasteiger partial charge on any atom is -0.440 e. The maximum Gasteiger partial charge on any atom is 0.267 e. The molecular weight excluding hydrogens is 293 g/mol. The highest BCUT2D eigenvalue weighted by molar-refractivity contribution is 8.13. The summed E-state index contributed by atoms with van der Waals surface area (Å²) in [7, 11) is 0. The number of nitrogens with two attached hydrogens (primary N) is 2. The first-order valence-electron chi connectivity index (χ1n) is 5.72. The molecule has 1 unspecified atom stereocenters. The van der Waals surface area contributed by atoms with Crippen molar-refractivity contribution < 1.29 is 9.42 Å². The first-order chi connectivity index (χ1) is 9.42. The molecular formula is C13H14N3O2PS. The lowest BCUT2D eigenvalue weighted by molar-refractivity contribution is 0.494. The van der Waals surface area contributed by atoms with E-state index in [1.807, 2.05) is 48.5 Å². The summed E-state index contributed by atoms with van der Waals surface area (Å²) in [5, 5.41) is 6.80. The third-order valence-corrected chi connectivity index (χ3v) is 4.86. The molecule has 0 saturated heterocycles. The van der Waals surface area contributed by atoms with Crippen molar-refractivity contribution in [2.24, 2.45) is 11.5 Å². The molecule has 7 heteroatoms. The van der Waals surface area contributed by atoms with Crippen molar-refractivity contribution in [1.82, 2.24) is 0 Å². The molecule has 5 nitrogen and oxygen atoms in total. The Morgan fingerprint density at radius 1 is 1.05 bits per heavy atom. The molecule has 20 heavy (non-hydrogen) atoms. The van der Waals surface area contributed by atoms with Gasteiger partial charge in [-0.2, -0.15) is 0 Å². The number of hydrogen-bond acceptors (Lipinski definition) is 3. The normalized spacial score (nSPS) is 18.6. The quantitative estimate of drug-likeness (QED) is 0.335. The molecule has 104 valence electrons. The Kier molecular flexibility index (Phi) is 4.09. The summed E-state index contributed by atoms with van der Waals surface area (Å²) in [6, 6.07) is 15.3. The number of nitrogens with one attached hydrogen (secondary N) is 1. The zero-order valence-corrected chi connectivity index (χ0v) is 12.2. The van der Waals surface area contributed by atoms with Crippen LogP contribution < -0.4 is 21.3 Å². The molecule has 6 N–H and O–H groups in total. The average molecular weight is 307 g/mol. The van der Waals surface area contributed by atoms with Crippen LogP contribution >= 0.6 is 6.49 Å². The van der Waals surface area contributed by atoms with Gasteiger partial charge in [0.2, 0.25) is 0 Å². The molecule has 0 spiro atoms. The minimum atomic E-state index is -2.88. The van der Waals surface area contributed by atoms with Gasteiger partial charge in [-0.05, 0) is 29.5 Å². The first-order valence-corrected chi connectivity index (χ1v) is 8.40. The van der Waals surface area contributed by atoms with Crippen LogP contribution in [0, 0.1) is 5.41 Å². The van der Waals surface area contributed by atoms with E-state index in [-0.39, 0.29) is 5.96 Å². The zero-order chi connectivity index (χ0) is 14.8. The van der Waals surface area contributed by atoms with Gasteiger partial charge in [0.25, 0.3) is 6.49 Å². The first kappa shape index (κ1) is 14.5. The van der Waals surface area contributed by atoms with Gasteiger partial charge < -0.3 is 20.9 Å². The van der Waals surface area contributed by atoms with Gasteiger partial charge in [0.05, 0.1) is 5.30 Å². The number of guanidine groups is 1. The van der Waals surface area contributed by atoms with Gasteiger partial charge in [-0.25, -0.2) is 0 Å². The second-order valence-electron chi connectivity index (χ2n) is 4.08. The lowest BCUT2D eigenvalue weighted by atomic mass is 10.0. The Balaban J connectivity index is 0.000000328. The van der Waals surface area contributed by atoms with E-state index in [1.54, 1.807) is 0 Å². The van der Waals surface area contributed by atoms with Gasteiger partial charge in [0, 0.05) is 5.56 Å². The van der Waals surface area contributed by atoms with Crippen molar-refractivity contribution in [3.8, 4) is 16.9 Å². The fourth-order valence-corrected chi connectivity index (χ4v) is 3.92. The summed E-state index contributed by atoms with van der Waals surface area (Å²) in [5.41, 5.74) is 10.9. The van der Waals surface area contributed by atoms with Gasteiger partial charge in [-0.1, -0.05) is 36.4 Å². The third-order valence-electron chi connectivity index (χ3n) is 2.61. The van der Waals surface area contributed by atoms with E-state index >= 15 is 0 Å². The van der Waals surface area contributed by atoms with E-state index in [2.05, 4.69) is 11.5 Å². The molecule has 0 aromatic heterocycles. The van der Waals surface area contributed by atoms with E-state index < -0.39 is 6.49 Å². The SMILES string of the molecule is N=C(N)N.OP1(=S)Oc2ccccc2-c2ccccc21. The number of fused-ring (bicyclic) bond motifs is 3. The Morgan fingerprint density at radius 3 is 2.20 bits per heavy atom. The summed E-state index contributed by atoms with van der Waals surface area (Å²) in [6.07, 6.45) is 0. The van der Waals surface area contributed by atoms with Crippen LogP contribution in [0.5, 0.6) is 5.75 Å². The van der Waals surface area contributed by atoms with Crippen LogP contribution in [0.1, 0.15) is 0 Å². The van der Waals surface area contributed by atoms with Crippen molar-refractivity contribution in [2.45, 2.75) is 0 Å². The highest BCUT2D eigenvalue weighted by Crippen LogP contribution is 2.51. The second-order valence-corrected chi connectivity index (χ2v) is 7.27. The molecule has 1 aliphatic rings. The predicted molar refractivity (Wildman–Crippen MR) is 84.7 cm³/mol. The van der Waals surface area contributed by atoms with E-state index in [0.29, 0.717) is 5.75 Å². The van der Waals surface area contributed by atoms with Gasteiger partial charge in [0.1, 0.15) is 5.75 Å². The molecule has 2 aromatic rings. The van der Waals surface area contributed by atoms with Crippen LogP contribution in [-0.4, -0.2) is 10.9 Å². The Labute approximate surface area is 121 Å². The van der Waals surface area contributed by atoms with E-state index in [1.165, 1.54) is 0 Å². The number of benzene rings is 2. The Morgan fingerprint density at radius 2 is 1.55 bits per heavy atom. The Hall–Kier alpha value is -1.88. The van der Waals surface area contributed by atoms with Crippen molar-refractivity contribution in [3.05, 3.63) is 48.5 Å². The molecule has 0 amide bonds. The predicted octanol–water partition coefficient (Wildman–Crippen LogP) is 1.51. The van der Waals surface area contributed by atoms with E-state index in [4.69, 9.17) is 21.7 Å². The van der Waals surface area contributed by atoms with Crippen molar-refractivity contribution in [1.29, 1.82) is 5.41 Å². The standard InChI is InChI=1S/C12H9O2PS.CH5N3/c13-15(16)12-8-4-2-6-10(12)9-5-1-3-7-11(9)14-15;2-1(3)4/h1-8H,(H,13,16);(H5,2,3,4). The highest BCUT2D eigenvalue weighted by atomic mass is 32.5. The molecule has 3 rings (SSSR count). The van der Waals surface area contributed by atoms with Gasteiger partial charge in [0.15, 0.2) is 5.96 Å². The fourth-order valence-electron chi connectivity index (χ4n) is 1.90. The average Bonchev–Trinajstić information content (AvgIpc) is 2.38. The van der Waals surface area contributed by atoms with Gasteiger partial charge in [-0.3, -0.25) is 5.41 Å². The molecule has 1 atom stereocenters. The highest BCUT2D eigenvalue weighted by Gasteiger charge is 2.29. The van der Waals surface area contributed by atoms with Crippen molar-refractivity contribution in [3.63, 3.8) is 0 Å². The summed E-state index contributed by atoms with van der Waals surface area (Å²) in [5.74, 6) is 0.340. The lowest BCUT2D eigenvalue weighted by Crippen LogP contribution is -2.20. The number of rotatable bonds is 0. The number of para-hydroxylation sites is 1. The van der Waals surface area contributed by atoms with Gasteiger partial charge in [-0.15, -0.1) is 0 Å². The van der Waals surface area contributed by atoms with Crippen LogP contribution in [0.3, 0.4) is 0 Å². The monoisotopic (exact) mass is 307 g/mol. The smallest absolute Gasteiger partial charge is 0.267 e. The molecule has 2 aromatic carbocycles. The largest absolute Gasteiger partial charge is 0.440 e. The molecule has 0 fully saturated rings. The molecule has 1 heterocycles. The topological polar surface area (TPSA) is 105 Å². The Bertz CT molecular complexity index is 702. The van der Waals surface area contributed by atoms with E-state index in [9.17, 15) is 4.89 Å².